The number of aliphatic imine (C=N–C) groups is 2. The summed E-state index contributed by atoms with van der Waals surface area (Å²) in [6.07, 6.45) is 3.13. The van der Waals surface area contributed by atoms with Crippen LogP contribution >= 0.6 is 0 Å². The number of benzene rings is 1. The van der Waals surface area contributed by atoms with Crippen LogP contribution in [0.2, 0.25) is 0 Å². The van der Waals surface area contributed by atoms with E-state index in [4.69, 9.17) is 0 Å². The van der Waals surface area contributed by atoms with E-state index in [1.54, 1.807) is 24.6 Å². The van der Waals surface area contributed by atoms with Crippen molar-refractivity contribution in [3.05, 3.63) is 35.6 Å². The summed E-state index contributed by atoms with van der Waals surface area (Å²) in [5.41, 5.74) is 0.918. The van der Waals surface area contributed by atoms with Crippen LogP contribution in [0.5, 0.6) is 0 Å². The molecule has 0 aromatic heterocycles. The zero-order valence-electron chi connectivity index (χ0n) is 6.31. The maximum Gasteiger partial charge on any atom is 0.165 e. The highest BCUT2D eigenvalue weighted by Crippen LogP contribution is 2.20. The van der Waals surface area contributed by atoms with Gasteiger partial charge in [0.2, 0.25) is 0 Å². The summed E-state index contributed by atoms with van der Waals surface area (Å²) >= 11 is 0. The Morgan fingerprint density at radius 3 is 2.17 bits per heavy atom. The zero-order chi connectivity index (χ0) is 8.39. The molecular weight excluding hydrogens is 155 g/mol. The van der Waals surface area contributed by atoms with Crippen molar-refractivity contribution >= 4 is 12.4 Å². The lowest BCUT2D eigenvalue weighted by Crippen LogP contribution is -1.87. The standard InChI is InChI=1S/C9H7FN2/c10-8-3-1-7(2-4-8)9-11-5-6-12-9/h1-6,9H. The van der Waals surface area contributed by atoms with Crippen molar-refractivity contribution in [1.82, 2.24) is 0 Å². The molecule has 0 saturated carbocycles. The maximum atomic E-state index is 12.5. The van der Waals surface area contributed by atoms with E-state index in [0.29, 0.717) is 0 Å². The number of nitrogens with zero attached hydrogens (tertiary/aromatic N) is 2. The van der Waals surface area contributed by atoms with Crippen molar-refractivity contribution < 1.29 is 4.39 Å². The fourth-order valence-corrected chi connectivity index (χ4v) is 1.09. The van der Waals surface area contributed by atoms with Crippen LogP contribution in [0.3, 0.4) is 0 Å². The Bertz CT molecular complexity index is 315. The average Bonchev–Trinajstić information content (AvgIpc) is 2.58. The van der Waals surface area contributed by atoms with E-state index >= 15 is 0 Å². The van der Waals surface area contributed by atoms with Gasteiger partial charge in [-0.3, -0.25) is 9.98 Å². The summed E-state index contributed by atoms with van der Waals surface area (Å²) in [5, 5.41) is 0. The van der Waals surface area contributed by atoms with E-state index in [1.165, 1.54) is 12.1 Å². The van der Waals surface area contributed by atoms with Gasteiger partial charge in [-0.2, -0.15) is 0 Å². The molecule has 2 nitrogen and oxygen atoms in total. The Hall–Kier alpha value is -1.51. The summed E-state index contributed by atoms with van der Waals surface area (Å²) < 4.78 is 12.5. The van der Waals surface area contributed by atoms with Gasteiger partial charge in [0.25, 0.3) is 0 Å². The lowest BCUT2D eigenvalue weighted by Gasteiger charge is -2.02. The van der Waals surface area contributed by atoms with Crippen molar-refractivity contribution in [2.24, 2.45) is 9.98 Å². The van der Waals surface area contributed by atoms with Gasteiger partial charge >= 0.3 is 0 Å². The number of rotatable bonds is 1. The fraction of sp³-hybridized carbons (Fsp3) is 0.111. The molecule has 1 aliphatic heterocycles. The summed E-state index contributed by atoms with van der Waals surface area (Å²) in [6, 6.07) is 6.22. The monoisotopic (exact) mass is 162 g/mol. The molecule has 0 aliphatic carbocycles. The molecule has 0 fully saturated rings. The molecule has 12 heavy (non-hydrogen) atoms. The van der Waals surface area contributed by atoms with E-state index in [9.17, 15) is 4.39 Å². The molecule has 0 unspecified atom stereocenters. The van der Waals surface area contributed by atoms with Gasteiger partial charge < -0.3 is 0 Å². The van der Waals surface area contributed by atoms with Gasteiger partial charge in [0, 0.05) is 12.4 Å². The fourth-order valence-electron chi connectivity index (χ4n) is 1.09. The Morgan fingerprint density at radius 1 is 1.00 bits per heavy atom. The smallest absolute Gasteiger partial charge is 0.165 e. The summed E-state index contributed by atoms with van der Waals surface area (Å²) in [6.45, 7) is 0. The molecule has 3 heteroatoms. The summed E-state index contributed by atoms with van der Waals surface area (Å²) in [5.74, 6) is -0.232. The highest BCUT2D eigenvalue weighted by Gasteiger charge is 2.08. The van der Waals surface area contributed by atoms with Crippen LogP contribution in [-0.4, -0.2) is 12.4 Å². The van der Waals surface area contributed by atoms with Crippen molar-refractivity contribution in [3.63, 3.8) is 0 Å². The van der Waals surface area contributed by atoms with Gasteiger partial charge in [-0.1, -0.05) is 12.1 Å². The molecule has 0 amide bonds. The minimum atomic E-state index is -0.232. The first kappa shape index (κ1) is 7.16. The molecule has 0 spiro atoms. The molecule has 1 heterocycles. The number of halogens is 1. The van der Waals surface area contributed by atoms with Gasteiger partial charge in [-0.05, 0) is 17.7 Å². The molecule has 0 bridgehead atoms. The molecule has 2 rings (SSSR count). The normalized spacial score (nSPS) is 15.8. The Morgan fingerprint density at radius 2 is 1.58 bits per heavy atom. The van der Waals surface area contributed by atoms with E-state index < -0.39 is 0 Å². The maximum absolute atomic E-state index is 12.5. The van der Waals surface area contributed by atoms with Gasteiger partial charge in [0.1, 0.15) is 5.82 Å². The van der Waals surface area contributed by atoms with Gasteiger partial charge in [-0.15, -0.1) is 0 Å². The Labute approximate surface area is 69.5 Å². The zero-order valence-corrected chi connectivity index (χ0v) is 6.31. The first-order valence-electron chi connectivity index (χ1n) is 3.67. The lowest BCUT2D eigenvalue weighted by atomic mass is 10.2. The van der Waals surface area contributed by atoms with Crippen LogP contribution in [0.4, 0.5) is 4.39 Å². The van der Waals surface area contributed by atoms with Gasteiger partial charge in [0.15, 0.2) is 6.17 Å². The van der Waals surface area contributed by atoms with Crippen LogP contribution in [0.15, 0.2) is 34.3 Å². The topological polar surface area (TPSA) is 24.7 Å². The van der Waals surface area contributed by atoms with Crippen molar-refractivity contribution in [2.45, 2.75) is 6.17 Å². The number of hydrogen-bond acceptors (Lipinski definition) is 2. The first-order valence-corrected chi connectivity index (χ1v) is 3.67. The van der Waals surface area contributed by atoms with Crippen molar-refractivity contribution in [3.8, 4) is 0 Å². The summed E-state index contributed by atoms with van der Waals surface area (Å²) in [4.78, 5) is 8.13. The molecular formula is C9H7FN2. The van der Waals surface area contributed by atoms with Crippen LogP contribution in [0.1, 0.15) is 11.7 Å². The largest absolute Gasteiger partial charge is 0.260 e. The molecule has 0 N–H and O–H groups in total. The predicted octanol–water partition coefficient (Wildman–Crippen LogP) is 1.98. The Kier molecular flexibility index (Phi) is 1.70. The third kappa shape index (κ3) is 1.25. The Balaban J connectivity index is 2.29. The van der Waals surface area contributed by atoms with E-state index in [1.807, 2.05) is 0 Å². The van der Waals surface area contributed by atoms with E-state index in [0.717, 1.165) is 5.56 Å². The molecule has 1 aliphatic rings. The second kappa shape index (κ2) is 2.85. The van der Waals surface area contributed by atoms with Crippen LogP contribution < -0.4 is 0 Å². The lowest BCUT2D eigenvalue weighted by molar-refractivity contribution is 0.626. The molecule has 0 saturated heterocycles. The van der Waals surface area contributed by atoms with Gasteiger partial charge in [-0.25, -0.2) is 4.39 Å². The van der Waals surface area contributed by atoms with Crippen molar-refractivity contribution in [2.75, 3.05) is 0 Å². The highest BCUT2D eigenvalue weighted by molar-refractivity contribution is 6.17. The summed E-state index contributed by atoms with van der Waals surface area (Å²) in [7, 11) is 0. The highest BCUT2D eigenvalue weighted by atomic mass is 19.1. The van der Waals surface area contributed by atoms with E-state index in [2.05, 4.69) is 9.98 Å². The average molecular weight is 162 g/mol. The molecule has 1 aromatic rings. The predicted molar refractivity (Wildman–Crippen MR) is 46.1 cm³/mol. The molecule has 0 atom stereocenters. The van der Waals surface area contributed by atoms with Crippen LogP contribution in [0, 0.1) is 5.82 Å². The van der Waals surface area contributed by atoms with Crippen LogP contribution in [-0.2, 0) is 0 Å². The second-order valence-corrected chi connectivity index (χ2v) is 2.52. The second-order valence-electron chi connectivity index (χ2n) is 2.52. The van der Waals surface area contributed by atoms with Crippen molar-refractivity contribution in [1.29, 1.82) is 0 Å². The molecule has 1 aromatic carbocycles. The minimum absolute atomic E-state index is 0.161. The third-order valence-electron chi connectivity index (χ3n) is 1.69. The number of hydrogen-bond donors (Lipinski definition) is 0. The quantitative estimate of drug-likeness (QED) is 0.603. The molecule has 60 valence electrons. The van der Waals surface area contributed by atoms with E-state index in [-0.39, 0.29) is 12.0 Å². The minimum Gasteiger partial charge on any atom is -0.260 e. The third-order valence-corrected chi connectivity index (χ3v) is 1.69. The first-order chi connectivity index (χ1) is 5.86. The van der Waals surface area contributed by atoms with Gasteiger partial charge in [0.05, 0.1) is 0 Å². The van der Waals surface area contributed by atoms with Crippen LogP contribution in [0.25, 0.3) is 0 Å². The molecule has 0 radical (unpaired) electrons. The SMILES string of the molecule is Fc1ccc(C2N=CC=N2)cc1.